The lowest BCUT2D eigenvalue weighted by Gasteiger charge is -2.09. The molecule has 0 aliphatic carbocycles. The molecular weight excluding hydrogens is 324 g/mol. The minimum absolute atomic E-state index is 0.136. The number of carbonyl (C=O) groups excluding carboxylic acids is 1. The highest BCUT2D eigenvalue weighted by Crippen LogP contribution is 2.14. The fourth-order valence-electron chi connectivity index (χ4n) is 2.42. The molecule has 0 bridgehead atoms. The van der Waals surface area contributed by atoms with Crippen molar-refractivity contribution in [3.05, 3.63) is 53.3 Å². The van der Waals surface area contributed by atoms with Crippen LogP contribution in [0.5, 0.6) is 0 Å². The minimum Gasteiger partial charge on any atom is -0.324 e. The van der Waals surface area contributed by atoms with Crippen molar-refractivity contribution in [1.29, 1.82) is 0 Å². The van der Waals surface area contributed by atoms with E-state index in [0.717, 1.165) is 24.4 Å². The van der Waals surface area contributed by atoms with Gasteiger partial charge in [-0.05, 0) is 42.9 Å². The molecule has 2 N–H and O–H groups in total. The number of carbonyl (C=O) groups is 1. The molecule has 0 spiro atoms. The van der Waals surface area contributed by atoms with Crippen molar-refractivity contribution in [2.24, 2.45) is 0 Å². The van der Waals surface area contributed by atoms with E-state index in [0.29, 0.717) is 10.5 Å². The summed E-state index contributed by atoms with van der Waals surface area (Å²) in [5.74, 6) is 0.644. The van der Waals surface area contributed by atoms with Gasteiger partial charge < -0.3 is 5.32 Å². The Kier molecular flexibility index (Phi) is 4.85. The second kappa shape index (κ2) is 7.22. The number of hydrogen-bond acceptors (Lipinski definition) is 4. The summed E-state index contributed by atoms with van der Waals surface area (Å²) < 4.78 is 3.92. The number of anilines is 1. The average Bonchev–Trinajstić information content (AvgIpc) is 3.21. The van der Waals surface area contributed by atoms with Crippen LogP contribution in [0.15, 0.2) is 42.7 Å². The number of rotatable bonds is 6. The number of nitrogens with zero attached hydrogens (tertiary/aromatic N) is 4. The third kappa shape index (κ3) is 3.60. The zero-order valence-corrected chi connectivity index (χ0v) is 14.1. The largest absolute Gasteiger partial charge is 0.324 e. The Bertz CT molecular complexity index is 880. The summed E-state index contributed by atoms with van der Waals surface area (Å²) in [5, 5.41) is 14.0. The maximum Gasteiger partial charge on any atom is 0.244 e. The number of benzene rings is 1. The molecule has 2 heterocycles. The fraction of sp³-hybridized carbons (Fsp3) is 0.250. The van der Waals surface area contributed by atoms with Gasteiger partial charge in [-0.25, -0.2) is 4.68 Å². The third-order valence-electron chi connectivity index (χ3n) is 3.51. The first-order valence-electron chi connectivity index (χ1n) is 7.71. The Hall–Kier alpha value is -2.74. The molecule has 124 valence electrons. The van der Waals surface area contributed by atoms with E-state index >= 15 is 0 Å². The van der Waals surface area contributed by atoms with Crippen LogP contribution >= 0.6 is 12.2 Å². The molecule has 0 unspecified atom stereocenters. The number of hydrogen-bond donors (Lipinski definition) is 2. The van der Waals surface area contributed by atoms with Gasteiger partial charge in [-0.2, -0.15) is 10.2 Å². The van der Waals surface area contributed by atoms with Crippen LogP contribution in [0.2, 0.25) is 0 Å². The first-order chi connectivity index (χ1) is 11.7. The number of H-pyrrole nitrogens is 1. The van der Waals surface area contributed by atoms with Crippen LogP contribution in [0, 0.1) is 4.77 Å². The quantitative estimate of drug-likeness (QED) is 0.675. The summed E-state index contributed by atoms with van der Waals surface area (Å²) in [5.41, 5.74) is 1.59. The van der Waals surface area contributed by atoms with Crippen molar-refractivity contribution < 1.29 is 4.79 Å². The first kappa shape index (κ1) is 16.1. The molecule has 1 amide bonds. The molecule has 0 aliphatic rings. The summed E-state index contributed by atoms with van der Waals surface area (Å²) in [4.78, 5) is 12.3. The zero-order chi connectivity index (χ0) is 16.9. The van der Waals surface area contributed by atoms with Crippen LogP contribution in [0.25, 0.3) is 5.69 Å². The lowest BCUT2D eigenvalue weighted by atomic mass is 10.2. The molecule has 7 nitrogen and oxygen atoms in total. The van der Waals surface area contributed by atoms with Gasteiger partial charge in [0.15, 0.2) is 4.77 Å². The molecule has 0 aliphatic heterocycles. The van der Waals surface area contributed by atoms with Gasteiger partial charge in [0.25, 0.3) is 0 Å². The molecule has 0 radical (unpaired) electrons. The number of amides is 1. The van der Waals surface area contributed by atoms with Crippen LogP contribution in [-0.2, 0) is 17.8 Å². The number of aromatic nitrogens is 5. The Balaban J connectivity index is 1.73. The SMILES string of the molecule is CCCc1n[nH]c(=S)n1CC(=O)Nc1cccc(-n2cccn2)c1. The molecule has 2 aromatic heterocycles. The van der Waals surface area contributed by atoms with Gasteiger partial charge in [0.05, 0.1) is 5.69 Å². The van der Waals surface area contributed by atoms with E-state index in [9.17, 15) is 4.79 Å². The van der Waals surface area contributed by atoms with Crippen LogP contribution < -0.4 is 5.32 Å². The molecule has 0 saturated carbocycles. The molecule has 24 heavy (non-hydrogen) atoms. The third-order valence-corrected chi connectivity index (χ3v) is 3.82. The van der Waals surface area contributed by atoms with E-state index < -0.39 is 0 Å². The van der Waals surface area contributed by atoms with E-state index in [1.165, 1.54) is 0 Å². The van der Waals surface area contributed by atoms with E-state index in [2.05, 4.69) is 27.5 Å². The molecular formula is C16H18N6OS. The molecule has 3 aromatic rings. The summed E-state index contributed by atoms with van der Waals surface area (Å²) in [6.07, 6.45) is 5.27. The number of aryl methyl sites for hydroxylation is 1. The number of aromatic amines is 1. The van der Waals surface area contributed by atoms with Crippen molar-refractivity contribution in [3.63, 3.8) is 0 Å². The predicted octanol–water partition coefficient (Wildman–Crippen LogP) is 2.72. The lowest BCUT2D eigenvalue weighted by Crippen LogP contribution is -2.20. The van der Waals surface area contributed by atoms with Crippen LogP contribution in [0.4, 0.5) is 5.69 Å². The number of nitrogens with one attached hydrogen (secondary N) is 2. The van der Waals surface area contributed by atoms with E-state index in [-0.39, 0.29) is 12.5 Å². The Labute approximate surface area is 144 Å². The topological polar surface area (TPSA) is 80.5 Å². The van der Waals surface area contributed by atoms with Gasteiger partial charge in [0, 0.05) is 24.5 Å². The predicted molar refractivity (Wildman–Crippen MR) is 93.6 cm³/mol. The molecule has 0 atom stereocenters. The molecule has 3 rings (SSSR count). The zero-order valence-electron chi connectivity index (χ0n) is 13.3. The van der Waals surface area contributed by atoms with E-state index in [4.69, 9.17) is 12.2 Å². The van der Waals surface area contributed by atoms with Crippen LogP contribution in [-0.4, -0.2) is 30.5 Å². The summed E-state index contributed by atoms with van der Waals surface area (Å²) in [7, 11) is 0. The van der Waals surface area contributed by atoms with Crippen molar-refractivity contribution in [1.82, 2.24) is 24.5 Å². The maximum atomic E-state index is 12.3. The van der Waals surface area contributed by atoms with Gasteiger partial charge in [0.1, 0.15) is 12.4 Å². The maximum absolute atomic E-state index is 12.3. The first-order valence-corrected chi connectivity index (χ1v) is 8.12. The highest BCUT2D eigenvalue weighted by atomic mass is 32.1. The van der Waals surface area contributed by atoms with Crippen molar-refractivity contribution in [3.8, 4) is 5.69 Å². The second-order valence-corrected chi connectivity index (χ2v) is 5.72. The van der Waals surface area contributed by atoms with E-state index in [1.54, 1.807) is 15.4 Å². The van der Waals surface area contributed by atoms with Gasteiger partial charge in [-0.1, -0.05) is 13.0 Å². The van der Waals surface area contributed by atoms with Gasteiger partial charge in [0.2, 0.25) is 5.91 Å². The molecule has 0 saturated heterocycles. The van der Waals surface area contributed by atoms with Crippen molar-refractivity contribution in [2.45, 2.75) is 26.3 Å². The molecule has 0 fully saturated rings. The van der Waals surface area contributed by atoms with Crippen molar-refractivity contribution in [2.75, 3.05) is 5.32 Å². The average molecular weight is 342 g/mol. The Morgan fingerprint density at radius 1 is 1.38 bits per heavy atom. The van der Waals surface area contributed by atoms with Gasteiger partial charge in [-0.3, -0.25) is 14.5 Å². The molecule has 8 heteroatoms. The Morgan fingerprint density at radius 2 is 2.25 bits per heavy atom. The summed E-state index contributed by atoms with van der Waals surface area (Å²) in [6.45, 7) is 2.19. The minimum atomic E-state index is -0.150. The van der Waals surface area contributed by atoms with Gasteiger partial charge >= 0.3 is 0 Å². The lowest BCUT2D eigenvalue weighted by molar-refractivity contribution is -0.116. The second-order valence-electron chi connectivity index (χ2n) is 5.33. The monoisotopic (exact) mass is 342 g/mol. The summed E-state index contributed by atoms with van der Waals surface area (Å²) >= 11 is 5.20. The normalized spacial score (nSPS) is 10.7. The van der Waals surface area contributed by atoms with Gasteiger partial charge in [-0.15, -0.1) is 0 Å². The highest BCUT2D eigenvalue weighted by molar-refractivity contribution is 7.71. The van der Waals surface area contributed by atoms with Crippen LogP contribution in [0.1, 0.15) is 19.2 Å². The Morgan fingerprint density at radius 3 is 3.00 bits per heavy atom. The standard InChI is InChI=1S/C16H18N6OS/c1-2-5-14-19-20-16(24)21(14)11-15(23)18-12-6-3-7-13(10-12)22-9-4-8-17-22/h3-4,6-10H,2,5,11H2,1H3,(H,18,23)(H,20,24). The smallest absolute Gasteiger partial charge is 0.244 e. The van der Waals surface area contributed by atoms with Crippen LogP contribution in [0.3, 0.4) is 0 Å². The van der Waals surface area contributed by atoms with E-state index in [1.807, 2.05) is 36.5 Å². The summed E-state index contributed by atoms with van der Waals surface area (Å²) in [6, 6.07) is 9.35. The molecule has 1 aromatic carbocycles. The van der Waals surface area contributed by atoms with Crippen molar-refractivity contribution >= 4 is 23.8 Å². The fourth-order valence-corrected chi connectivity index (χ4v) is 2.64. The highest BCUT2D eigenvalue weighted by Gasteiger charge is 2.10.